The Morgan fingerprint density at radius 1 is 1.33 bits per heavy atom. The first-order valence-electron chi connectivity index (χ1n) is 6.30. The van der Waals surface area contributed by atoms with Crippen LogP contribution in [0.4, 0.5) is 21.5 Å². The first-order valence-corrected chi connectivity index (χ1v) is 6.67. The van der Waals surface area contributed by atoms with Gasteiger partial charge in [-0.25, -0.2) is 9.18 Å². The second-order valence-corrected chi connectivity index (χ2v) is 4.68. The highest BCUT2D eigenvalue weighted by atomic mass is 35.5. The molecule has 0 aliphatic carbocycles. The molecule has 0 unspecified atom stereocenters. The van der Waals surface area contributed by atoms with E-state index in [9.17, 15) is 9.18 Å². The van der Waals surface area contributed by atoms with Gasteiger partial charge in [0.2, 0.25) is 0 Å². The summed E-state index contributed by atoms with van der Waals surface area (Å²) in [6.45, 7) is 1.97. The number of rotatable bonds is 4. The Balaban J connectivity index is 2.31. The van der Waals surface area contributed by atoms with Crippen LogP contribution in [-0.4, -0.2) is 12.6 Å². The number of nitrogen functional groups attached to an aromatic ring is 1. The van der Waals surface area contributed by atoms with Gasteiger partial charge in [-0.1, -0.05) is 11.6 Å². The largest absolute Gasteiger partial charge is 0.462 e. The second-order valence-electron chi connectivity index (χ2n) is 4.27. The lowest BCUT2D eigenvalue weighted by molar-refractivity contribution is 0.0527. The maximum atomic E-state index is 13.2. The fourth-order valence-electron chi connectivity index (χ4n) is 1.77. The molecule has 0 aliphatic heterocycles. The van der Waals surface area contributed by atoms with E-state index >= 15 is 0 Å². The first kappa shape index (κ1) is 15.1. The number of nitrogens with two attached hydrogens (primary N) is 1. The number of carbonyl (C=O) groups excluding carboxylic acids is 1. The number of carbonyl (C=O) groups is 1. The number of ether oxygens (including phenoxy) is 1. The van der Waals surface area contributed by atoms with E-state index in [1.54, 1.807) is 19.1 Å². The highest BCUT2D eigenvalue weighted by Gasteiger charge is 2.12. The Morgan fingerprint density at radius 3 is 2.81 bits per heavy atom. The Morgan fingerprint density at radius 2 is 2.10 bits per heavy atom. The Labute approximate surface area is 126 Å². The molecule has 2 aromatic carbocycles. The third-order valence-corrected chi connectivity index (χ3v) is 3.09. The van der Waals surface area contributed by atoms with Crippen LogP contribution in [0.15, 0.2) is 36.4 Å². The average molecular weight is 309 g/mol. The number of esters is 1. The molecule has 110 valence electrons. The molecule has 0 bridgehead atoms. The van der Waals surface area contributed by atoms with Crippen molar-refractivity contribution >= 4 is 34.6 Å². The number of benzene rings is 2. The topological polar surface area (TPSA) is 64.3 Å². The third-order valence-electron chi connectivity index (χ3n) is 2.76. The van der Waals surface area contributed by atoms with Gasteiger partial charge in [-0.3, -0.25) is 0 Å². The lowest BCUT2D eigenvalue weighted by atomic mass is 10.1. The van der Waals surface area contributed by atoms with Gasteiger partial charge >= 0.3 is 5.97 Å². The highest BCUT2D eigenvalue weighted by Crippen LogP contribution is 2.28. The molecule has 0 aromatic heterocycles. The van der Waals surface area contributed by atoms with Crippen molar-refractivity contribution in [3.8, 4) is 0 Å². The zero-order valence-corrected chi connectivity index (χ0v) is 12.1. The van der Waals surface area contributed by atoms with Crippen molar-refractivity contribution in [1.82, 2.24) is 0 Å². The molecule has 0 spiro atoms. The van der Waals surface area contributed by atoms with Crippen LogP contribution in [0.3, 0.4) is 0 Å². The molecule has 0 fully saturated rings. The van der Waals surface area contributed by atoms with Crippen LogP contribution in [0.25, 0.3) is 0 Å². The molecule has 0 atom stereocenters. The molecule has 0 amide bonds. The molecule has 0 saturated carbocycles. The van der Waals surface area contributed by atoms with Gasteiger partial charge in [0, 0.05) is 11.4 Å². The fourth-order valence-corrected chi connectivity index (χ4v) is 1.93. The number of anilines is 3. The second kappa shape index (κ2) is 6.45. The van der Waals surface area contributed by atoms with E-state index in [1.807, 2.05) is 0 Å². The van der Waals surface area contributed by atoms with Crippen molar-refractivity contribution < 1.29 is 13.9 Å². The van der Waals surface area contributed by atoms with Gasteiger partial charge in [0.1, 0.15) is 5.82 Å². The minimum Gasteiger partial charge on any atom is -0.462 e. The van der Waals surface area contributed by atoms with E-state index < -0.39 is 11.8 Å². The maximum absolute atomic E-state index is 13.2. The van der Waals surface area contributed by atoms with Crippen LogP contribution < -0.4 is 11.1 Å². The quantitative estimate of drug-likeness (QED) is 0.662. The van der Waals surface area contributed by atoms with Gasteiger partial charge < -0.3 is 15.8 Å². The number of hydrogen-bond acceptors (Lipinski definition) is 4. The highest BCUT2D eigenvalue weighted by molar-refractivity contribution is 6.33. The predicted octanol–water partition coefficient (Wildman–Crippen LogP) is 3.98. The average Bonchev–Trinajstić information content (AvgIpc) is 2.45. The van der Waals surface area contributed by atoms with Gasteiger partial charge in [0.05, 0.1) is 22.9 Å². The summed E-state index contributed by atoms with van der Waals surface area (Å²) in [6, 6.07) is 8.75. The van der Waals surface area contributed by atoms with Gasteiger partial charge in [0.25, 0.3) is 0 Å². The van der Waals surface area contributed by atoms with E-state index in [0.29, 0.717) is 22.1 Å². The van der Waals surface area contributed by atoms with Crippen LogP contribution in [-0.2, 0) is 4.74 Å². The molecule has 2 aromatic rings. The summed E-state index contributed by atoms with van der Waals surface area (Å²) in [5.41, 5.74) is 7.26. The Kier molecular flexibility index (Phi) is 4.65. The van der Waals surface area contributed by atoms with Crippen LogP contribution in [0.5, 0.6) is 0 Å². The molecule has 4 nitrogen and oxygen atoms in total. The maximum Gasteiger partial charge on any atom is 0.340 e. The number of halogens is 2. The van der Waals surface area contributed by atoms with E-state index in [1.165, 1.54) is 24.3 Å². The van der Waals surface area contributed by atoms with E-state index in [2.05, 4.69) is 5.32 Å². The zero-order chi connectivity index (χ0) is 15.4. The van der Waals surface area contributed by atoms with Crippen molar-refractivity contribution in [2.24, 2.45) is 0 Å². The summed E-state index contributed by atoms with van der Waals surface area (Å²) in [6.07, 6.45) is 0. The molecule has 6 heteroatoms. The molecular formula is C15H14ClFN2O2. The normalized spacial score (nSPS) is 10.2. The monoisotopic (exact) mass is 308 g/mol. The van der Waals surface area contributed by atoms with Crippen LogP contribution in [0.1, 0.15) is 17.3 Å². The summed E-state index contributed by atoms with van der Waals surface area (Å²) in [4.78, 5) is 11.8. The van der Waals surface area contributed by atoms with Gasteiger partial charge in [-0.15, -0.1) is 0 Å². The number of hydrogen-bond donors (Lipinski definition) is 2. The van der Waals surface area contributed by atoms with Crippen LogP contribution in [0, 0.1) is 5.82 Å². The van der Waals surface area contributed by atoms with E-state index in [0.717, 1.165) is 0 Å². The molecule has 0 saturated heterocycles. The molecule has 3 N–H and O–H groups in total. The van der Waals surface area contributed by atoms with Crippen molar-refractivity contribution in [2.75, 3.05) is 17.7 Å². The minimum atomic E-state index is -0.510. The van der Waals surface area contributed by atoms with Crippen LogP contribution in [0.2, 0.25) is 5.02 Å². The summed E-state index contributed by atoms with van der Waals surface area (Å²) in [5.74, 6) is -0.924. The smallest absolute Gasteiger partial charge is 0.340 e. The zero-order valence-electron chi connectivity index (χ0n) is 11.3. The summed E-state index contributed by atoms with van der Waals surface area (Å²) >= 11 is 5.98. The fraction of sp³-hybridized carbons (Fsp3) is 0.133. The molecule has 21 heavy (non-hydrogen) atoms. The standard InChI is InChI=1S/C15H14ClFN2O2/c1-2-21-15(20)11-8-10(4-6-13(11)18)19-14-7-9(17)3-5-12(14)16/h3-8,19H,2,18H2,1H3. The Hall–Kier alpha value is -2.27. The van der Waals surface area contributed by atoms with Gasteiger partial charge in [-0.05, 0) is 43.3 Å². The van der Waals surface area contributed by atoms with E-state index in [4.69, 9.17) is 22.1 Å². The van der Waals surface area contributed by atoms with Crippen molar-refractivity contribution in [3.63, 3.8) is 0 Å². The summed E-state index contributed by atoms with van der Waals surface area (Å²) in [7, 11) is 0. The lowest BCUT2D eigenvalue weighted by Gasteiger charge is -2.11. The molecule has 0 aliphatic rings. The molecule has 0 radical (unpaired) electrons. The number of nitrogens with one attached hydrogen (secondary N) is 1. The summed E-state index contributed by atoms with van der Waals surface area (Å²) < 4.78 is 18.2. The van der Waals surface area contributed by atoms with E-state index in [-0.39, 0.29) is 12.2 Å². The minimum absolute atomic E-state index is 0.245. The summed E-state index contributed by atoms with van der Waals surface area (Å²) in [5, 5.41) is 3.31. The van der Waals surface area contributed by atoms with Gasteiger partial charge in [0.15, 0.2) is 0 Å². The van der Waals surface area contributed by atoms with Crippen LogP contribution >= 0.6 is 11.6 Å². The van der Waals surface area contributed by atoms with Crippen molar-refractivity contribution in [1.29, 1.82) is 0 Å². The molecule has 2 rings (SSSR count). The van der Waals surface area contributed by atoms with Gasteiger partial charge in [-0.2, -0.15) is 0 Å². The van der Waals surface area contributed by atoms with Crippen molar-refractivity contribution in [2.45, 2.75) is 6.92 Å². The lowest BCUT2D eigenvalue weighted by Crippen LogP contribution is -2.08. The molecular weight excluding hydrogens is 295 g/mol. The first-order chi connectivity index (χ1) is 10.0. The Bertz CT molecular complexity index is 677. The molecule has 0 heterocycles. The predicted molar refractivity (Wildman–Crippen MR) is 81.5 cm³/mol. The SMILES string of the molecule is CCOC(=O)c1cc(Nc2cc(F)ccc2Cl)ccc1N. The van der Waals surface area contributed by atoms with Crippen molar-refractivity contribution in [3.05, 3.63) is 52.8 Å². The third kappa shape index (κ3) is 3.64.